The van der Waals surface area contributed by atoms with Crippen LogP contribution < -0.4 is 16.4 Å². The molecule has 1 atom stereocenters. The van der Waals surface area contributed by atoms with E-state index in [4.69, 9.17) is 10.5 Å². The second-order valence-electron chi connectivity index (χ2n) is 8.79. The van der Waals surface area contributed by atoms with Crippen molar-refractivity contribution < 1.29 is 24.9 Å². The van der Waals surface area contributed by atoms with Crippen LogP contribution in [-0.2, 0) is 17.8 Å². The Kier molecular flexibility index (Phi) is 13.8. The standard InChI is InChI=1S/C27H41N3O5/c28-27(34)30-24-11-8-10-21(17-24)9-4-3-7-16-35-15-6-2-1-5-14-29-19-26(33)22-12-13-25(32)23(18-22)20-31/h8,10-13,17-18,26,29,31-33H,1-7,9,14-16,19-20H2,(H3,28,30,34)/t26-/m1/s1. The Bertz CT molecular complexity index is 878. The lowest BCUT2D eigenvalue weighted by Gasteiger charge is -2.14. The first-order valence-corrected chi connectivity index (χ1v) is 12.5. The van der Waals surface area contributed by atoms with Crippen LogP contribution in [-0.4, -0.2) is 47.7 Å². The zero-order chi connectivity index (χ0) is 25.3. The molecule has 2 amide bonds. The molecular weight excluding hydrogens is 446 g/mol. The summed E-state index contributed by atoms with van der Waals surface area (Å²) in [6.45, 7) is 2.61. The van der Waals surface area contributed by atoms with E-state index >= 15 is 0 Å². The van der Waals surface area contributed by atoms with Gasteiger partial charge in [-0.05, 0) is 74.0 Å². The van der Waals surface area contributed by atoms with Gasteiger partial charge in [-0.15, -0.1) is 0 Å². The number of amides is 2. The largest absolute Gasteiger partial charge is 0.508 e. The molecule has 0 saturated heterocycles. The molecule has 0 aliphatic heterocycles. The van der Waals surface area contributed by atoms with Crippen LogP contribution in [0.4, 0.5) is 10.5 Å². The average Bonchev–Trinajstić information content (AvgIpc) is 2.84. The lowest BCUT2D eigenvalue weighted by atomic mass is 10.1. The summed E-state index contributed by atoms with van der Waals surface area (Å²) in [5.74, 6) is 0.0410. The van der Waals surface area contributed by atoms with Crippen LogP contribution >= 0.6 is 0 Å². The third-order valence-electron chi connectivity index (χ3n) is 5.84. The van der Waals surface area contributed by atoms with E-state index < -0.39 is 12.1 Å². The second kappa shape index (κ2) is 16.9. The molecule has 2 aromatic carbocycles. The van der Waals surface area contributed by atoms with E-state index in [1.807, 2.05) is 18.2 Å². The summed E-state index contributed by atoms with van der Waals surface area (Å²) in [6.07, 6.45) is 7.88. The van der Waals surface area contributed by atoms with Gasteiger partial charge in [0.2, 0.25) is 0 Å². The minimum Gasteiger partial charge on any atom is -0.508 e. The minimum absolute atomic E-state index is 0.0410. The van der Waals surface area contributed by atoms with E-state index in [9.17, 15) is 20.1 Å². The van der Waals surface area contributed by atoms with Crippen molar-refractivity contribution in [3.8, 4) is 5.75 Å². The number of primary amides is 1. The van der Waals surface area contributed by atoms with Crippen LogP contribution in [0.1, 0.15) is 67.7 Å². The quantitative estimate of drug-likeness (QED) is 0.176. The van der Waals surface area contributed by atoms with Gasteiger partial charge in [0, 0.05) is 31.0 Å². The van der Waals surface area contributed by atoms with Crippen molar-refractivity contribution in [1.29, 1.82) is 0 Å². The van der Waals surface area contributed by atoms with Crippen molar-refractivity contribution in [2.45, 2.75) is 64.1 Å². The number of hydrogen-bond acceptors (Lipinski definition) is 6. The minimum atomic E-state index is -0.668. The third-order valence-corrected chi connectivity index (χ3v) is 5.84. The molecule has 0 aliphatic rings. The maximum atomic E-state index is 10.9. The molecule has 2 rings (SSSR count). The van der Waals surface area contributed by atoms with Gasteiger partial charge in [-0.25, -0.2) is 4.79 Å². The first-order valence-electron chi connectivity index (χ1n) is 12.5. The molecule has 194 valence electrons. The molecule has 8 heteroatoms. The van der Waals surface area contributed by atoms with Gasteiger partial charge < -0.3 is 36.4 Å². The Morgan fingerprint density at radius 3 is 2.46 bits per heavy atom. The average molecular weight is 488 g/mol. The van der Waals surface area contributed by atoms with Crippen molar-refractivity contribution in [3.05, 3.63) is 59.2 Å². The van der Waals surface area contributed by atoms with Crippen LogP contribution in [0.3, 0.4) is 0 Å². The summed E-state index contributed by atoms with van der Waals surface area (Å²) in [7, 11) is 0. The highest BCUT2D eigenvalue weighted by Gasteiger charge is 2.09. The normalized spacial score (nSPS) is 11.9. The first-order chi connectivity index (χ1) is 17.0. The summed E-state index contributed by atoms with van der Waals surface area (Å²) in [4.78, 5) is 10.9. The number of aromatic hydroxyl groups is 1. The number of carbonyl (C=O) groups is 1. The molecule has 2 aromatic rings. The zero-order valence-electron chi connectivity index (χ0n) is 20.5. The number of carbonyl (C=O) groups excluding carboxylic acids is 1. The number of aryl methyl sites for hydroxylation is 1. The van der Waals surface area contributed by atoms with E-state index in [0.717, 1.165) is 76.8 Å². The molecule has 0 radical (unpaired) electrons. The fourth-order valence-electron chi connectivity index (χ4n) is 3.86. The van der Waals surface area contributed by atoms with Crippen molar-refractivity contribution in [3.63, 3.8) is 0 Å². The van der Waals surface area contributed by atoms with Crippen LogP contribution in [0.2, 0.25) is 0 Å². The zero-order valence-corrected chi connectivity index (χ0v) is 20.5. The summed E-state index contributed by atoms with van der Waals surface area (Å²) < 4.78 is 5.74. The highest BCUT2D eigenvalue weighted by Crippen LogP contribution is 2.22. The number of aliphatic hydroxyl groups excluding tert-OH is 2. The Hall–Kier alpha value is -2.65. The second-order valence-corrected chi connectivity index (χ2v) is 8.79. The monoisotopic (exact) mass is 487 g/mol. The maximum Gasteiger partial charge on any atom is 0.316 e. The van der Waals surface area contributed by atoms with E-state index in [1.54, 1.807) is 12.1 Å². The number of benzene rings is 2. The number of aliphatic hydroxyl groups is 2. The predicted molar refractivity (Wildman–Crippen MR) is 138 cm³/mol. The Morgan fingerprint density at radius 1 is 0.971 bits per heavy atom. The summed E-state index contributed by atoms with van der Waals surface area (Å²) in [5.41, 5.74) is 8.18. The van der Waals surface area contributed by atoms with Gasteiger partial charge in [0.05, 0.1) is 12.7 Å². The number of hydrogen-bond donors (Lipinski definition) is 6. The lowest BCUT2D eigenvalue weighted by molar-refractivity contribution is 0.126. The van der Waals surface area contributed by atoms with Crippen LogP contribution in [0, 0.1) is 0 Å². The SMILES string of the molecule is NC(=O)Nc1cccc(CCCCCOCCCCCCNC[C@@H](O)c2ccc(O)c(CO)c2)c1. The number of urea groups is 1. The number of nitrogens with one attached hydrogen (secondary N) is 2. The van der Waals surface area contributed by atoms with Gasteiger partial charge in [-0.2, -0.15) is 0 Å². The Morgan fingerprint density at radius 2 is 1.71 bits per heavy atom. The van der Waals surface area contributed by atoms with Gasteiger partial charge in [-0.1, -0.05) is 37.5 Å². The molecule has 35 heavy (non-hydrogen) atoms. The van der Waals surface area contributed by atoms with Gasteiger partial charge in [0.1, 0.15) is 5.75 Å². The number of rotatable bonds is 18. The highest BCUT2D eigenvalue weighted by molar-refractivity contribution is 5.87. The smallest absolute Gasteiger partial charge is 0.316 e. The molecule has 0 heterocycles. The van der Waals surface area contributed by atoms with Crippen LogP contribution in [0.5, 0.6) is 5.75 Å². The first kappa shape index (κ1) is 28.6. The van der Waals surface area contributed by atoms with E-state index in [2.05, 4.69) is 16.7 Å². The Labute approximate surface area is 208 Å². The van der Waals surface area contributed by atoms with Crippen molar-refractivity contribution in [2.75, 3.05) is 31.6 Å². The number of anilines is 1. The van der Waals surface area contributed by atoms with Gasteiger partial charge >= 0.3 is 6.03 Å². The third kappa shape index (κ3) is 12.0. The molecule has 8 nitrogen and oxygen atoms in total. The van der Waals surface area contributed by atoms with Crippen molar-refractivity contribution >= 4 is 11.7 Å². The summed E-state index contributed by atoms with van der Waals surface area (Å²) >= 11 is 0. The molecular formula is C27H41N3O5. The molecule has 0 saturated carbocycles. The predicted octanol–water partition coefficient (Wildman–Crippen LogP) is 3.99. The molecule has 0 aliphatic carbocycles. The lowest BCUT2D eigenvalue weighted by Crippen LogP contribution is -2.22. The topological polar surface area (TPSA) is 137 Å². The fourth-order valence-corrected chi connectivity index (χ4v) is 3.86. The van der Waals surface area contributed by atoms with Crippen LogP contribution in [0.25, 0.3) is 0 Å². The van der Waals surface area contributed by atoms with E-state index in [1.165, 1.54) is 11.6 Å². The van der Waals surface area contributed by atoms with Crippen molar-refractivity contribution in [2.24, 2.45) is 5.73 Å². The molecule has 0 fully saturated rings. The summed E-state index contributed by atoms with van der Waals surface area (Å²) in [6, 6.07) is 12.0. The highest BCUT2D eigenvalue weighted by atomic mass is 16.5. The van der Waals surface area contributed by atoms with Gasteiger partial charge in [-0.3, -0.25) is 0 Å². The van der Waals surface area contributed by atoms with E-state index in [0.29, 0.717) is 17.7 Å². The fraction of sp³-hybridized carbons (Fsp3) is 0.519. The van der Waals surface area contributed by atoms with Crippen LogP contribution in [0.15, 0.2) is 42.5 Å². The summed E-state index contributed by atoms with van der Waals surface area (Å²) in [5, 5.41) is 34.9. The molecule has 7 N–H and O–H groups in total. The number of unbranched alkanes of at least 4 members (excludes halogenated alkanes) is 5. The molecule has 0 spiro atoms. The van der Waals surface area contributed by atoms with E-state index in [-0.39, 0.29) is 12.4 Å². The van der Waals surface area contributed by atoms with Gasteiger partial charge in [0.15, 0.2) is 0 Å². The number of phenols is 1. The number of nitrogens with two attached hydrogens (primary N) is 1. The van der Waals surface area contributed by atoms with Gasteiger partial charge in [0.25, 0.3) is 0 Å². The van der Waals surface area contributed by atoms with Crippen molar-refractivity contribution in [1.82, 2.24) is 5.32 Å². The maximum absolute atomic E-state index is 10.9. The molecule has 0 aromatic heterocycles. The Balaban J connectivity index is 1.39. The number of ether oxygens (including phenoxy) is 1. The molecule has 0 unspecified atom stereocenters. The molecule has 0 bridgehead atoms.